The molecule has 0 spiro atoms. The number of carbonyl (C=O) groups excluding carboxylic acids is 1. The lowest BCUT2D eigenvalue weighted by atomic mass is 9.93. The molecule has 3 nitrogen and oxygen atoms in total. The lowest BCUT2D eigenvalue weighted by Crippen LogP contribution is -2.41. The van der Waals surface area contributed by atoms with E-state index in [-0.39, 0.29) is 12.1 Å². The molecule has 1 N–H and O–H groups in total. The summed E-state index contributed by atoms with van der Waals surface area (Å²) < 4.78 is 5.32. The van der Waals surface area contributed by atoms with Gasteiger partial charge in [-0.25, -0.2) is 4.79 Å². The molecule has 0 aliphatic heterocycles. The Hall–Kier alpha value is -1.25. The molecular weight excluding hydrogens is 238 g/mol. The number of hydrogen-bond acceptors (Lipinski definition) is 2. The van der Waals surface area contributed by atoms with E-state index < -0.39 is 5.60 Å². The molecule has 0 aliphatic carbocycles. The maximum absolute atomic E-state index is 11.9. The Morgan fingerprint density at radius 1 is 1.37 bits per heavy atom. The Bertz CT molecular complexity index is 348. The smallest absolute Gasteiger partial charge is 0.408 e. The summed E-state index contributed by atoms with van der Waals surface area (Å²) in [6.07, 6.45) is 2.50. The zero-order valence-electron chi connectivity index (χ0n) is 13.5. The summed E-state index contributed by atoms with van der Waals surface area (Å²) in [6.45, 7) is 17.8. The highest BCUT2D eigenvalue weighted by molar-refractivity contribution is 5.69. The third-order valence-corrected chi connectivity index (χ3v) is 2.58. The largest absolute Gasteiger partial charge is 0.444 e. The van der Waals surface area contributed by atoms with Crippen LogP contribution in [0.25, 0.3) is 0 Å². The zero-order valence-corrected chi connectivity index (χ0v) is 13.5. The molecule has 0 heterocycles. The average Bonchev–Trinajstić information content (AvgIpc) is 2.12. The van der Waals surface area contributed by atoms with Crippen LogP contribution in [0.4, 0.5) is 4.79 Å². The molecule has 0 aromatic heterocycles. The van der Waals surface area contributed by atoms with Gasteiger partial charge in [0.25, 0.3) is 0 Å². The summed E-state index contributed by atoms with van der Waals surface area (Å²) in [5, 5.41) is 2.95. The molecule has 0 aromatic carbocycles. The first kappa shape index (κ1) is 17.8. The number of ether oxygens (including phenoxy) is 1. The molecule has 0 aliphatic rings. The Kier molecular flexibility index (Phi) is 6.88. The van der Waals surface area contributed by atoms with Gasteiger partial charge in [-0.2, -0.15) is 0 Å². The van der Waals surface area contributed by atoms with Gasteiger partial charge in [0.2, 0.25) is 0 Å². The Morgan fingerprint density at radius 3 is 2.21 bits per heavy atom. The standard InChI is InChI=1S/C16H29NO2/c1-9-13(12(4)5)14(10-11(2)3)17-15(18)19-16(6,7)8/h9,11,14H,4,10H2,1-3,5-8H3,(H,17,18). The van der Waals surface area contributed by atoms with Crippen molar-refractivity contribution in [1.82, 2.24) is 5.32 Å². The van der Waals surface area contributed by atoms with Gasteiger partial charge in [0.1, 0.15) is 5.60 Å². The van der Waals surface area contributed by atoms with Crippen molar-refractivity contribution in [3.8, 4) is 0 Å². The number of nitrogens with one attached hydrogen (secondary N) is 1. The summed E-state index contributed by atoms with van der Waals surface area (Å²) in [7, 11) is 0. The van der Waals surface area contributed by atoms with E-state index in [0.29, 0.717) is 5.92 Å². The fourth-order valence-electron chi connectivity index (χ4n) is 1.93. The minimum Gasteiger partial charge on any atom is -0.444 e. The first-order chi connectivity index (χ1) is 8.56. The first-order valence-corrected chi connectivity index (χ1v) is 6.88. The average molecular weight is 267 g/mol. The molecule has 0 rings (SSSR count). The summed E-state index contributed by atoms with van der Waals surface area (Å²) in [5.41, 5.74) is 1.56. The second-order valence-corrected chi connectivity index (χ2v) is 6.35. The van der Waals surface area contributed by atoms with E-state index in [0.717, 1.165) is 17.6 Å². The van der Waals surface area contributed by atoms with E-state index in [4.69, 9.17) is 4.74 Å². The number of carbonyl (C=O) groups is 1. The van der Waals surface area contributed by atoms with E-state index in [1.54, 1.807) is 0 Å². The molecular formula is C16H29NO2. The molecule has 3 heteroatoms. The predicted molar refractivity (Wildman–Crippen MR) is 81.2 cm³/mol. The highest BCUT2D eigenvalue weighted by atomic mass is 16.6. The van der Waals surface area contributed by atoms with Crippen molar-refractivity contribution < 1.29 is 9.53 Å². The van der Waals surface area contributed by atoms with E-state index >= 15 is 0 Å². The van der Waals surface area contributed by atoms with Crippen LogP contribution in [0.15, 0.2) is 23.8 Å². The quantitative estimate of drug-likeness (QED) is 0.747. The second-order valence-electron chi connectivity index (χ2n) is 6.35. The lowest BCUT2D eigenvalue weighted by molar-refractivity contribution is 0.0508. The number of allylic oxidation sites excluding steroid dienone is 1. The van der Waals surface area contributed by atoms with Crippen LogP contribution in [0, 0.1) is 5.92 Å². The maximum Gasteiger partial charge on any atom is 0.408 e. The van der Waals surface area contributed by atoms with E-state index in [1.807, 2.05) is 40.7 Å². The third-order valence-electron chi connectivity index (χ3n) is 2.58. The normalized spacial score (nSPS) is 14.2. The van der Waals surface area contributed by atoms with Crippen LogP contribution in [0.1, 0.15) is 54.9 Å². The van der Waals surface area contributed by atoms with Gasteiger partial charge in [-0.3, -0.25) is 0 Å². The van der Waals surface area contributed by atoms with Gasteiger partial charge in [0, 0.05) is 0 Å². The van der Waals surface area contributed by atoms with Crippen molar-refractivity contribution >= 4 is 6.09 Å². The summed E-state index contributed by atoms with van der Waals surface area (Å²) in [6, 6.07) is -0.0441. The number of amides is 1. The minimum atomic E-state index is -0.480. The van der Waals surface area contributed by atoms with Gasteiger partial charge >= 0.3 is 6.09 Å². The Balaban J connectivity index is 4.88. The van der Waals surface area contributed by atoms with Crippen LogP contribution in [-0.2, 0) is 4.74 Å². The molecule has 110 valence electrons. The van der Waals surface area contributed by atoms with Crippen LogP contribution < -0.4 is 5.32 Å². The summed E-state index contributed by atoms with van der Waals surface area (Å²) in [4.78, 5) is 11.9. The van der Waals surface area contributed by atoms with Crippen molar-refractivity contribution in [3.63, 3.8) is 0 Å². The molecule has 0 radical (unpaired) electrons. The molecule has 0 bridgehead atoms. The van der Waals surface area contributed by atoms with E-state index in [9.17, 15) is 4.79 Å². The van der Waals surface area contributed by atoms with Crippen LogP contribution in [0.3, 0.4) is 0 Å². The molecule has 0 saturated carbocycles. The van der Waals surface area contributed by atoms with Crippen molar-refractivity contribution in [2.45, 2.75) is 66.5 Å². The Morgan fingerprint density at radius 2 is 1.89 bits per heavy atom. The minimum absolute atomic E-state index is 0.0441. The second kappa shape index (κ2) is 7.37. The molecule has 0 aromatic rings. The van der Waals surface area contributed by atoms with Gasteiger partial charge < -0.3 is 10.1 Å². The fourth-order valence-corrected chi connectivity index (χ4v) is 1.93. The SMILES string of the molecule is C=C(C)C(=CC)C(CC(C)C)NC(=O)OC(C)(C)C. The Labute approximate surface area is 118 Å². The molecule has 0 fully saturated rings. The highest BCUT2D eigenvalue weighted by Gasteiger charge is 2.22. The summed E-state index contributed by atoms with van der Waals surface area (Å²) >= 11 is 0. The zero-order chi connectivity index (χ0) is 15.2. The van der Waals surface area contributed by atoms with Gasteiger partial charge in [0.05, 0.1) is 6.04 Å². The molecule has 1 amide bonds. The van der Waals surface area contributed by atoms with Crippen molar-refractivity contribution in [3.05, 3.63) is 23.8 Å². The van der Waals surface area contributed by atoms with Crippen LogP contribution in [-0.4, -0.2) is 17.7 Å². The van der Waals surface area contributed by atoms with E-state index in [1.165, 1.54) is 0 Å². The van der Waals surface area contributed by atoms with Gasteiger partial charge in [-0.05, 0) is 52.5 Å². The van der Waals surface area contributed by atoms with Crippen LogP contribution in [0.5, 0.6) is 0 Å². The van der Waals surface area contributed by atoms with Crippen LogP contribution in [0.2, 0.25) is 0 Å². The van der Waals surface area contributed by atoms with Crippen LogP contribution >= 0.6 is 0 Å². The number of hydrogen-bond donors (Lipinski definition) is 1. The molecule has 1 unspecified atom stereocenters. The molecule has 0 saturated heterocycles. The highest BCUT2D eigenvalue weighted by Crippen LogP contribution is 2.19. The van der Waals surface area contributed by atoms with Crippen molar-refractivity contribution in [2.75, 3.05) is 0 Å². The maximum atomic E-state index is 11.9. The third kappa shape index (κ3) is 7.70. The number of alkyl carbamates (subject to hydrolysis) is 1. The van der Waals surface area contributed by atoms with Crippen molar-refractivity contribution in [1.29, 1.82) is 0 Å². The molecule has 1 atom stereocenters. The number of rotatable bonds is 5. The summed E-state index contributed by atoms with van der Waals surface area (Å²) in [5.74, 6) is 0.481. The van der Waals surface area contributed by atoms with Crippen molar-refractivity contribution in [2.24, 2.45) is 5.92 Å². The monoisotopic (exact) mass is 267 g/mol. The molecule has 19 heavy (non-hydrogen) atoms. The van der Waals surface area contributed by atoms with Gasteiger partial charge in [0.15, 0.2) is 0 Å². The fraction of sp³-hybridized carbons (Fsp3) is 0.688. The van der Waals surface area contributed by atoms with E-state index in [2.05, 4.69) is 25.7 Å². The van der Waals surface area contributed by atoms with Gasteiger partial charge in [-0.1, -0.05) is 32.1 Å². The first-order valence-electron chi connectivity index (χ1n) is 6.88. The predicted octanol–water partition coefficient (Wildman–Crippen LogP) is 4.45. The lowest BCUT2D eigenvalue weighted by Gasteiger charge is -2.26. The topological polar surface area (TPSA) is 38.3 Å². The van der Waals surface area contributed by atoms with Gasteiger partial charge in [-0.15, -0.1) is 0 Å².